The first-order valence-corrected chi connectivity index (χ1v) is 8.87. The molecule has 23 heavy (non-hydrogen) atoms. The molecular formula is C15H16Cl2N4OS. The number of benzene rings is 1. The van der Waals surface area contributed by atoms with Crippen molar-refractivity contribution in [2.24, 2.45) is 0 Å². The number of piperazine rings is 1. The second-order valence-electron chi connectivity index (χ2n) is 5.23. The third-order valence-electron chi connectivity index (χ3n) is 3.65. The fraction of sp³-hybridized carbons (Fsp3) is 0.333. The highest BCUT2D eigenvalue weighted by atomic mass is 35.5. The van der Waals surface area contributed by atoms with Crippen LogP contribution >= 0.6 is 34.5 Å². The summed E-state index contributed by atoms with van der Waals surface area (Å²) in [4.78, 5) is 20.9. The Morgan fingerprint density at radius 1 is 1.26 bits per heavy atom. The van der Waals surface area contributed by atoms with Gasteiger partial charge in [0.05, 0.1) is 22.3 Å². The Morgan fingerprint density at radius 2 is 2.04 bits per heavy atom. The summed E-state index contributed by atoms with van der Waals surface area (Å²) < 4.78 is 0. The summed E-state index contributed by atoms with van der Waals surface area (Å²) in [6, 6.07) is 5.19. The summed E-state index contributed by atoms with van der Waals surface area (Å²) >= 11 is 13.7. The van der Waals surface area contributed by atoms with E-state index in [0.29, 0.717) is 22.3 Å². The topological polar surface area (TPSA) is 48.5 Å². The minimum Gasteiger partial charge on any atom is -0.346 e. The van der Waals surface area contributed by atoms with Crippen LogP contribution in [0.15, 0.2) is 29.8 Å². The van der Waals surface area contributed by atoms with E-state index in [2.05, 4.69) is 20.1 Å². The lowest BCUT2D eigenvalue weighted by molar-refractivity contribution is -0.117. The van der Waals surface area contributed by atoms with Crippen molar-refractivity contribution in [2.45, 2.75) is 0 Å². The molecule has 0 unspecified atom stereocenters. The number of nitrogens with one attached hydrogen (secondary N) is 1. The van der Waals surface area contributed by atoms with E-state index in [1.54, 1.807) is 29.5 Å². The summed E-state index contributed by atoms with van der Waals surface area (Å²) in [5.41, 5.74) is 0.547. The molecule has 0 aliphatic carbocycles. The van der Waals surface area contributed by atoms with Gasteiger partial charge in [0.25, 0.3) is 0 Å². The Labute approximate surface area is 148 Å². The maximum atomic E-state index is 12.2. The number of anilines is 2. The van der Waals surface area contributed by atoms with Crippen LogP contribution in [0.25, 0.3) is 0 Å². The minimum absolute atomic E-state index is 0.0862. The molecule has 1 aliphatic rings. The fourth-order valence-electron chi connectivity index (χ4n) is 2.46. The number of rotatable bonds is 4. The molecule has 1 saturated heterocycles. The molecule has 5 nitrogen and oxygen atoms in total. The van der Waals surface area contributed by atoms with Gasteiger partial charge in [-0.15, -0.1) is 11.3 Å². The third-order valence-corrected chi connectivity index (χ3v) is 5.31. The molecule has 1 N–H and O–H groups in total. The van der Waals surface area contributed by atoms with Crippen LogP contribution in [0.1, 0.15) is 0 Å². The van der Waals surface area contributed by atoms with Gasteiger partial charge in [-0.2, -0.15) is 0 Å². The van der Waals surface area contributed by atoms with E-state index in [1.165, 1.54) is 0 Å². The van der Waals surface area contributed by atoms with Crippen LogP contribution < -0.4 is 10.2 Å². The number of amides is 1. The lowest BCUT2D eigenvalue weighted by Gasteiger charge is -2.34. The molecule has 1 aromatic carbocycles. The molecule has 1 aliphatic heterocycles. The largest absolute Gasteiger partial charge is 0.346 e. The van der Waals surface area contributed by atoms with Crippen molar-refractivity contribution in [1.29, 1.82) is 0 Å². The van der Waals surface area contributed by atoms with Crippen molar-refractivity contribution in [1.82, 2.24) is 9.88 Å². The summed E-state index contributed by atoms with van der Waals surface area (Å²) in [5, 5.41) is 6.64. The van der Waals surface area contributed by atoms with Gasteiger partial charge in [-0.05, 0) is 12.1 Å². The van der Waals surface area contributed by atoms with E-state index in [1.807, 2.05) is 11.6 Å². The van der Waals surface area contributed by atoms with Gasteiger partial charge in [0.1, 0.15) is 0 Å². The highest BCUT2D eigenvalue weighted by molar-refractivity contribution is 7.13. The van der Waals surface area contributed by atoms with E-state index >= 15 is 0 Å². The summed E-state index contributed by atoms with van der Waals surface area (Å²) in [6.45, 7) is 3.75. The van der Waals surface area contributed by atoms with Gasteiger partial charge in [-0.3, -0.25) is 9.69 Å². The van der Waals surface area contributed by atoms with Crippen molar-refractivity contribution >= 4 is 51.3 Å². The molecule has 122 valence electrons. The van der Waals surface area contributed by atoms with E-state index in [-0.39, 0.29) is 5.91 Å². The first-order valence-electron chi connectivity index (χ1n) is 7.24. The molecule has 2 aromatic rings. The first-order chi connectivity index (χ1) is 11.1. The molecule has 8 heteroatoms. The molecule has 3 rings (SSSR count). The molecule has 1 fully saturated rings. The Kier molecular flexibility index (Phi) is 5.38. The minimum atomic E-state index is -0.0862. The fourth-order valence-corrected chi connectivity index (χ4v) is 3.51. The second-order valence-corrected chi connectivity index (χ2v) is 6.89. The van der Waals surface area contributed by atoms with Crippen LogP contribution in [-0.2, 0) is 4.79 Å². The number of hydrogen-bond donors (Lipinski definition) is 1. The van der Waals surface area contributed by atoms with Crippen molar-refractivity contribution in [3.05, 3.63) is 39.8 Å². The number of carbonyl (C=O) groups is 1. The number of nitrogens with zero attached hydrogens (tertiary/aromatic N) is 3. The zero-order valence-electron chi connectivity index (χ0n) is 12.3. The van der Waals surface area contributed by atoms with Crippen LogP contribution in [0.4, 0.5) is 10.8 Å². The molecule has 0 bridgehead atoms. The van der Waals surface area contributed by atoms with Gasteiger partial charge >= 0.3 is 0 Å². The van der Waals surface area contributed by atoms with Crippen LogP contribution in [0.2, 0.25) is 10.0 Å². The Bertz CT molecular complexity index is 672. The van der Waals surface area contributed by atoms with Gasteiger partial charge < -0.3 is 10.2 Å². The van der Waals surface area contributed by atoms with Crippen molar-refractivity contribution in [2.75, 3.05) is 42.9 Å². The quantitative estimate of drug-likeness (QED) is 0.897. The SMILES string of the molecule is O=C(CN1CCN(c2nccs2)CC1)Nc1cccc(Cl)c1Cl. The highest BCUT2D eigenvalue weighted by Crippen LogP contribution is 2.29. The average Bonchev–Trinajstić information content (AvgIpc) is 3.07. The molecular weight excluding hydrogens is 355 g/mol. The number of aromatic nitrogens is 1. The van der Waals surface area contributed by atoms with E-state index in [9.17, 15) is 4.79 Å². The summed E-state index contributed by atoms with van der Waals surface area (Å²) in [5.74, 6) is -0.0862. The molecule has 0 spiro atoms. The smallest absolute Gasteiger partial charge is 0.238 e. The van der Waals surface area contributed by atoms with Gasteiger partial charge in [-0.1, -0.05) is 29.3 Å². The van der Waals surface area contributed by atoms with Gasteiger partial charge in [0.15, 0.2) is 5.13 Å². The molecule has 1 aromatic heterocycles. The van der Waals surface area contributed by atoms with Gasteiger partial charge in [0, 0.05) is 37.8 Å². The zero-order valence-corrected chi connectivity index (χ0v) is 14.7. The van der Waals surface area contributed by atoms with Gasteiger partial charge in [0.2, 0.25) is 5.91 Å². The van der Waals surface area contributed by atoms with Crippen LogP contribution in [-0.4, -0.2) is 48.5 Å². The Hall–Kier alpha value is -1.34. The molecule has 2 heterocycles. The van der Waals surface area contributed by atoms with Crippen LogP contribution in [0.3, 0.4) is 0 Å². The number of hydrogen-bond acceptors (Lipinski definition) is 5. The summed E-state index contributed by atoms with van der Waals surface area (Å²) in [7, 11) is 0. The maximum absolute atomic E-state index is 12.2. The Balaban J connectivity index is 1.50. The molecule has 0 saturated carbocycles. The van der Waals surface area contributed by atoms with Crippen LogP contribution in [0, 0.1) is 0 Å². The summed E-state index contributed by atoms with van der Waals surface area (Å²) in [6.07, 6.45) is 1.81. The highest BCUT2D eigenvalue weighted by Gasteiger charge is 2.20. The average molecular weight is 371 g/mol. The van der Waals surface area contributed by atoms with Crippen LogP contribution in [0.5, 0.6) is 0 Å². The van der Waals surface area contributed by atoms with E-state index in [0.717, 1.165) is 31.3 Å². The zero-order chi connectivity index (χ0) is 16.2. The molecule has 0 atom stereocenters. The normalized spacial score (nSPS) is 15.7. The Morgan fingerprint density at radius 3 is 2.74 bits per heavy atom. The third kappa shape index (κ3) is 4.14. The van der Waals surface area contributed by atoms with E-state index in [4.69, 9.17) is 23.2 Å². The molecule has 1 amide bonds. The lowest BCUT2D eigenvalue weighted by Crippen LogP contribution is -2.48. The van der Waals surface area contributed by atoms with Gasteiger partial charge in [-0.25, -0.2) is 4.98 Å². The number of carbonyl (C=O) groups excluding carboxylic acids is 1. The molecule has 0 radical (unpaired) electrons. The first kappa shape index (κ1) is 16.5. The monoisotopic (exact) mass is 370 g/mol. The lowest BCUT2D eigenvalue weighted by atomic mass is 10.3. The predicted octanol–water partition coefficient (Wildman–Crippen LogP) is 3.21. The second kappa shape index (κ2) is 7.49. The standard InChI is InChI=1S/C15H16Cl2N4OS/c16-11-2-1-3-12(14(11)17)19-13(22)10-20-5-7-21(8-6-20)15-18-4-9-23-15/h1-4,9H,5-8,10H2,(H,19,22). The van der Waals surface area contributed by atoms with E-state index < -0.39 is 0 Å². The number of thiazole rings is 1. The van der Waals surface area contributed by atoms with Crippen molar-refractivity contribution in [3.63, 3.8) is 0 Å². The van der Waals surface area contributed by atoms with Crippen molar-refractivity contribution < 1.29 is 4.79 Å². The van der Waals surface area contributed by atoms with Crippen molar-refractivity contribution in [3.8, 4) is 0 Å². The number of halogens is 2. The predicted molar refractivity (Wildman–Crippen MR) is 95.9 cm³/mol. The maximum Gasteiger partial charge on any atom is 0.238 e.